The molecule has 0 spiro atoms. The molecule has 2 N–H and O–H groups in total. The second-order valence-corrected chi connectivity index (χ2v) is 3.58. The molecule has 0 aliphatic heterocycles. The summed E-state index contributed by atoms with van der Waals surface area (Å²) in [5.74, 6) is 0. The van der Waals surface area contributed by atoms with Crippen LogP contribution in [0.1, 0.15) is 11.1 Å². The fourth-order valence-electron chi connectivity index (χ4n) is 1.67. The summed E-state index contributed by atoms with van der Waals surface area (Å²) >= 11 is 0. The van der Waals surface area contributed by atoms with Crippen LogP contribution in [-0.2, 0) is 0 Å². The molecule has 0 unspecified atom stereocenters. The summed E-state index contributed by atoms with van der Waals surface area (Å²) in [6, 6.07) is 10.5. The van der Waals surface area contributed by atoms with Crippen molar-refractivity contribution < 1.29 is 0 Å². The van der Waals surface area contributed by atoms with Gasteiger partial charge in [0.2, 0.25) is 0 Å². The lowest BCUT2D eigenvalue weighted by Crippen LogP contribution is -1.88. The van der Waals surface area contributed by atoms with E-state index in [4.69, 9.17) is 5.73 Å². The zero-order chi connectivity index (χ0) is 9.42. The van der Waals surface area contributed by atoms with Gasteiger partial charge in [-0.2, -0.15) is 0 Å². The fraction of sp³-hybridized carbons (Fsp3) is 0.167. The molecule has 0 amide bonds. The van der Waals surface area contributed by atoms with E-state index in [1.807, 2.05) is 6.07 Å². The van der Waals surface area contributed by atoms with E-state index in [0.29, 0.717) is 0 Å². The topological polar surface area (TPSA) is 26.0 Å². The number of nitrogen functional groups attached to an aromatic ring is 1. The standard InChI is InChI=1S/C12H13N/c1-8-3-4-11-10(5-8)6-9(2)7-12(11)13/h3-7H,13H2,1-2H3. The van der Waals surface area contributed by atoms with Gasteiger partial charge in [-0.3, -0.25) is 0 Å². The Morgan fingerprint density at radius 3 is 2.38 bits per heavy atom. The first-order valence-electron chi connectivity index (χ1n) is 4.43. The molecular weight excluding hydrogens is 158 g/mol. The van der Waals surface area contributed by atoms with Crippen molar-refractivity contribution in [3.63, 3.8) is 0 Å². The first-order chi connectivity index (χ1) is 6.16. The molecule has 2 aromatic rings. The van der Waals surface area contributed by atoms with Crippen molar-refractivity contribution in [2.45, 2.75) is 13.8 Å². The molecule has 2 rings (SSSR count). The number of hydrogen-bond acceptors (Lipinski definition) is 1. The molecule has 0 fully saturated rings. The summed E-state index contributed by atoms with van der Waals surface area (Å²) in [4.78, 5) is 0. The van der Waals surface area contributed by atoms with Gasteiger partial charge in [-0.25, -0.2) is 0 Å². The number of rotatable bonds is 0. The van der Waals surface area contributed by atoms with Gasteiger partial charge in [0.25, 0.3) is 0 Å². The molecule has 1 nitrogen and oxygen atoms in total. The van der Waals surface area contributed by atoms with Gasteiger partial charge >= 0.3 is 0 Å². The minimum atomic E-state index is 0.870. The van der Waals surface area contributed by atoms with Crippen LogP contribution >= 0.6 is 0 Å². The van der Waals surface area contributed by atoms with Gasteiger partial charge in [-0.05, 0) is 30.9 Å². The number of anilines is 1. The van der Waals surface area contributed by atoms with Gasteiger partial charge in [0.1, 0.15) is 0 Å². The van der Waals surface area contributed by atoms with Crippen molar-refractivity contribution in [2.75, 3.05) is 5.73 Å². The van der Waals surface area contributed by atoms with Crippen LogP contribution in [0.25, 0.3) is 10.8 Å². The highest BCUT2D eigenvalue weighted by atomic mass is 14.5. The van der Waals surface area contributed by atoms with Crippen molar-refractivity contribution in [3.8, 4) is 0 Å². The van der Waals surface area contributed by atoms with Crippen LogP contribution in [0.15, 0.2) is 30.3 Å². The molecule has 0 aromatic heterocycles. The molecule has 13 heavy (non-hydrogen) atoms. The number of hydrogen-bond donors (Lipinski definition) is 1. The third-order valence-corrected chi connectivity index (χ3v) is 2.28. The van der Waals surface area contributed by atoms with Gasteiger partial charge in [-0.1, -0.05) is 29.8 Å². The van der Waals surface area contributed by atoms with Crippen molar-refractivity contribution in [1.29, 1.82) is 0 Å². The highest BCUT2D eigenvalue weighted by Gasteiger charge is 1.98. The van der Waals surface area contributed by atoms with Crippen LogP contribution in [0.2, 0.25) is 0 Å². The summed E-state index contributed by atoms with van der Waals surface area (Å²) in [6.07, 6.45) is 0. The van der Waals surface area contributed by atoms with E-state index in [2.05, 4.69) is 38.1 Å². The van der Waals surface area contributed by atoms with E-state index < -0.39 is 0 Å². The van der Waals surface area contributed by atoms with Crippen molar-refractivity contribution in [1.82, 2.24) is 0 Å². The van der Waals surface area contributed by atoms with E-state index in [0.717, 1.165) is 11.1 Å². The van der Waals surface area contributed by atoms with Gasteiger partial charge in [0.05, 0.1) is 0 Å². The van der Waals surface area contributed by atoms with Crippen LogP contribution in [-0.4, -0.2) is 0 Å². The van der Waals surface area contributed by atoms with Gasteiger partial charge in [-0.15, -0.1) is 0 Å². The minimum absolute atomic E-state index is 0.870. The molecule has 0 heterocycles. The lowest BCUT2D eigenvalue weighted by atomic mass is 10.0. The highest BCUT2D eigenvalue weighted by Crippen LogP contribution is 2.23. The SMILES string of the molecule is Cc1ccc2c(N)cc(C)cc2c1. The summed E-state index contributed by atoms with van der Waals surface area (Å²) < 4.78 is 0. The first kappa shape index (κ1) is 8.11. The molecule has 0 bridgehead atoms. The zero-order valence-corrected chi connectivity index (χ0v) is 7.96. The predicted molar refractivity (Wildman–Crippen MR) is 57.8 cm³/mol. The average molecular weight is 171 g/mol. The molecular formula is C12H13N. The maximum atomic E-state index is 5.91. The molecule has 0 radical (unpaired) electrons. The Bertz CT molecular complexity index is 453. The van der Waals surface area contributed by atoms with Crippen molar-refractivity contribution in [2.24, 2.45) is 0 Å². The summed E-state index contributed by atoms with van der Waals surface area (Å²) in [6.45, 7) is 4.16. The molecule has 0 aliphatic carbocycles. The van der Waals surface area contributed by atoms with E-state index in [9.17, 15) is 0 Å². The lowest BCUT2D eigenvalue weighted by Gasteiger charge is -2.04. The van der Waals surface area contributed by atoms with Gasteiger partial charge in [0.15, 0.2) is 0 Å². The zero-order valence-electron chi connectivity index (χ0n) is 7.96. The Labute approximate surface area is 78.2 Å². The number of nitrogens with two attached hydrogens (primary N) is 1. The van der Waals surface area contributed by atoms with E-state index in [-0.39, 0.29) is 0 Å². The normalized spacial score (nSPS) is 10.6. The molecule has 1 heteroatoms. The molecule has 2 aromatic carbocycles. The maximum Gasteiger partial charge on any atom is 0.0396 e. The summed E-state index contributed by atoms with van der Waals surface area (Å²) in [7, 11) is 0. The first-order valence-corrected chi connectivity index (χ1v) is 4.43. The Hall–Kier alpha value is -1.50. The third kappa shape index (κ3) is 1.37. The number of benzene rings is 2. The second kappa shape index (κ2) is 2.77. The van der Waals surface area contributed by atoms with E-state index in [1.165, 1.54) is 16.5 Å². The molecule has 0 aliphatic rings. The number of aryl methyl sites for hydroxylation is 2. The lowest BCUT2D eigenvalue weighted by molar-refractivity contribution is 1.47. The Morgan fingerprint density at radius 1 is 0.923 bits per heavy atom. The smallest absolute Gasteiger partial charge is 0.0396 e. The fourth-order valence-corrected chi connectivity index (χ4v) is 1.67. The Kier molecular flexibility index (Phi) is 1.73. The third-order valence-electron chi connectivity index (χ3n) is 2.28. The monoisotopic (exact) mass is 171 g/mol. The maximum absolute atomic E-state index is 5.91. The van der Waals surface area contributed by atoms with Crippen LogP contribution < -0.4 is 5.73 Å². The van der Waals surface area contributed by atoms with E-state index >= 15 is 0 Å². The summed E-state index contributed by atoms with van der Waals surface area (Å²) in [5.41, 5.74) is 9.27. The molecule has 0 saturated carbocycles. The van der Waals surface area contributed by atoms with Gasteiger partial charge in [0, 0.05) is 11.1 Å². The summed E-state index contributed by atoms with van der Waals surface area (Å²) in [5, 5.41) is 2.38. The molecule has 66 valence electrons. The van der Waals surface area contributed by atoms with Crippen LogP contribution in [0.3, 0.4) is 0 Å². The highest BCUT2D eigenvalue weighted by molar-refractivity contribution is 5.93. The second-order valence-electron chi connectivity index (χ2n) is 3.58. The van der Waals surface area contributed by atoms with E-state index in [1.54, 1.807) is 0 Å². The van der Waals surface area contributed by atoms with Crippen molar-refractivity contribution in [3.05, 3.63) is 41.5 Å². The quantitative estimate of drug-likeness (QED) is 0.606. The predicted octanol–water partition coefficient (Wildman–Crippen LogP) is 3.04. The van der Waals surface area contributed by atoms with Crippen LogP contribution in [0.4, 0.5) is 5.69 Å². The van der Waals surface area contributed by atoms with Crippen LogP contribution in [0, 0.1) is 13.8 Å². The molecule has 0 atom stereocenters. The van der Waals surface area contributed by atoms with Crippen molar-refractivity contribution >= 4 is 16.5 Å². The van der Waals surface area contributed by atoms with Gasteiger partial charge < -0.3 is 5.73 Å². The largest absolute Gasteiger partial charge is 0.398 e. The Balaban J connectivity index is 2.86. The average Bonchev–Trinajstić information content (AvgIpc) is 2.02. The van der Waals surface area contributed by atoms with Crippen LogP contribution in [0.5, 0.6) is 0 Å². The Morgan fingerprint density at radius 2 is 1.62 bits per heavy atom. The molecule has 0 saturated heterocycles. The number of fused-ring (bicyclic) bond motifs is 1. The minimum Gasteiger partial charge on any atom is -0.398 e.